The lowest BCUT2D eigenvalue weighted by atomic mass is 9.99. The third-order valence-corrected chi connectivity index (χ3v) is 2.88. The molecule has 0 aliphatic carbocycles. The van der Waals surface area contributed by atoms with Crippen molar-refractivity contribution in [3.05, 3.63) is 35.1 Å². The molecule has 4 nitrogen and oxygen atoms in total. The van der Waals surface area contributed by atoms with Crippen LogP contribution in [0.4, 0.5) is 4.39 Å². The number of halogens is 1. The number of hydrogen-bond acceptors (Lipinski definition) is 3. The van der Waals surface area contributed by atoms with Crippen LogP contribution in [-0.4, -0.2) is 28.1 Å². The van der Waals surface area contributed by atoms with Gasteiger partial charge in [-0.3, -0.25) is 9.59 Å². The number of carboxylic acid groups (broad SMARTS) is 1. The summed E-state index contributed by atoms with van der Waals surface area (Å²) in [6, 6.07) is 4.27. The van der Waals surface area contributed by atoms with Crippen LogP contribution in [-0.2, 0) is 11.2 Å². The van der Waals surface area contributed by atoms with Crippen LogP contribution in [0.15, 0.2) is 18.2 Å². The highest BCUT2D eigenvalue weighted by molar-refractivity contribution is 5.99. The van der Waals surface area contributed by atoms with Gasteiger partial charge in [-0.2, -0.15) is 0 Å². The van der Waals surface area contributed by atoms with Gasteiger partial charge in [-0.25, -0.2) is 4.39 Å². The Balaban J connectivity index is 2.68. The third-order valence-electron chi connectivity index (χ3n) is 2.88. The monoisotopic (exact) mass is 268 g/mol. The number of aliphatic hydroxyl groups is 1. The number of aliphatic carboxylic acids is 1. The average Bonchev–Trinajstić information content (AvgIpc) is 2.37. The quantitative estimate of drug-likeness (QED) is 0.743. The second-order valence-electron chi connectivity index (χ2n) is 4.33. The molecule has 0 aliphatic rings. The molecule has 0 saturated heterocycles. The predicted octanol–water partition coefficient (Wildman–Crippen LogP) is 2.19. The van der Waals surface area contributed by atoms with Crippen molar-refractivity contribution in [2.24, 2.45) is 0 Å². The standard InChI is InChI=1S/C14H17FO4/c1-2-9-6-7-10(11(15)8-9)14(19)12(16)4-3-5-13(17)18/h6-8,12,16H,2-5H2,1H3,(H,17,18). The van der Waals surface area contributed by atoms with Crippen molar-refractivity contribution in [1.29, 1.82) is 0 Å². The highest BCUT2D eigenvalue weighted by atomic mass is 19.1. The summed E-state index contributed by atoms with van der Waals surface area (Å²) in [5, 5.41) is 18.1. The zero-order chi connectivity index (χ0) is 14.4. The van der Waals surface area contributed by atoms with Gasteiger partial charge in [0.1, 0.15) is 11.9 Å². The summed E-state index contributed by atoms with van der Waals surface area (Å²) in [7, 11) is 0. The van der Waals surface area contributed by atoms with Gasteiger partial charge in [0.05, 0.1) is 5.56 Å². The van der Waals surface area contributed by atoms with E-state index >= 15 is 0 Å². The Labute approximate surface area is 110 Å². The maximum Gasteiger partial charge on any atom is 0.303 e. The summed E-state index contributed by atoms with van der Waals surface area (Å²) in [6.45, 7) is 1.87. The maximum absolute atomic E-state index is 13.7. The first-order valence-electron chi connectivity index (χ1n) is 6.18. The van der Waals surface area contributed by atoms with E-state index in [1.165, 1.54) is 12.1 Å². The molecule has 0 bridgehead atoms. The van der Waals surface area contributed by atoms with E-state index in [2.05, 4.69) is 0 Å². The largest absolute Gasteiger partial charge is 0.481 e. The van der Waals surface area contributed by atoms with E-state index in [0.717, 1.165) is 5.56 Å². The molecule has 0 saturated carbocycles. The predicted molar refractivity (Wildman–Crippen MR) is 67.6 cm³/mol. The van der Waals surface area contributed by atoms with Crippen molar-refractivity contribution in [3.63, 3.8) is 0 Å². The summed E-state index contributed by atoms with van der Waals surface area (Å²) in [4.78, 5) is 22.1. The fraction of sp³-hybridized carbons (Fsp3) is 0.429. The molecule has 0 heterocycles. The van der Waals surface area contributed by atoms with Gasteiger partial charge < -0.3 is 10.2 Å². The Morgan fingerprint density at radius 2 is 2.05 bits per heavy atom. The van der Waals surface area contributed by atoms with Gasteiger partial charge in [0.2, 0.25) is 0 Å². The number of ketones is 1. The van der Waals surface area contributed by atoms with Gasteiger partial charge in [-0.15, -0.1) is 0 Å². The summed E-state index contributed by atoms with van der Waals surface area (Å²) >= 11 is 0. The fourth-order valence-corrected chi connectivity index (χ4v) is 1.74. The number of Topliss-reactive ketones (excluding diaryl/α,β-unsaturated/α-hetero) is 1. The van der Waals surface area contributed by atoms with Crippen LogP contribution in [0.5, 0.6) is 0 Å². The van der Waals surface area contributed by atoms with Crippen molar-refractivity contribution in [1.82, 2.24) is 0 Å². The Morgan fingerprint density at radius 1 is 1.37 bits per heavy atom. The van der Waals surface area contributed by atoms with Crippen LogP contribution in [0.25, 0.3) is 0 Å². The molecule has 19 heavy (non-hydrogen) atoms. The normalized spacial score (nSPS) is 12.2. The number of aryl methyl sites for hydroxylation is 1. The molecular weight excluding hydrogens is 251 g/mol. The van der Waals surface area contributed by atoms with Crippen LogP contribution >= 0.6 is 0 Å². The second-order valence-corrected chi connectivity index (χ2v) is 4.33. The molecule has 1 aromatic carbocycles. The number of carbonyl (C=O) groups excluding carboxylic acids is 1. The molecule has 5 heteroatoms. The van der Waals surface area contributed by atoms with Crippen molar-refractivity contribution in [2.45, 2.75) is 38.7 Å². The van der Waals surface area contributed by atoms with E-state index < -0.39 is 23.7 Å². The van der Waals surface area contributed by atoms with E-state index in [9.17, 15) is 19.1 Å². The van der Waals surface area contributed by atoms with Gasteiger partial charge in [0.15, 0.2) is 5.78 Å². The molecule has 0 spiro atoms. The highest BCUT2D eigenvalue weighted by Gasteiger charge is 2.20. The molecule has 0 aliphatic heterocycles. The van der Waals surface area contributed by atoms with Crippen molar-refractivity contribution in [3.8, 4) is 0 Å². The lowest BCUT2D eigenvalue weighted by molar-refractivity contribution is -0.137. The first-order chi connectivity index (χ1) is 8.95. The minimum absolute atomic E-state index is 0.0140. The number of aliphatic hydroxyl groups excluding tert-OH is 1. The van der Waals surface area contributed by atoms with Gasteiger partial charge in [-0.05, 0) is 37.0 Å². The first-order valence-corrected chi connectivity index (χ1v) is 6.18. The smallest absolute Gasteiger partial charge is 0.303 e. The summed E-state index contributed by atoms with van der Waals surface area (Å²) in [6.07, 6.45) is -0.633. The second kappa shape index (κ2) is 6.99. The average molecular weight is 268 g/mol. The van der Waals surface area contributed by atoms with Crippen molar-refractivity contribution < 1.29 is 24.2 Å². The SMILES string of the molecule is CCc1ccc(C(=O)C(O)CCCC(=O)O)c(F)c1. The molecule has 1 aromatic rings. The molecule has 0 amide bonds. The van der Waals surface area contributed by atoms with Crippen LogP contribution in [0.1, 0.15) is 42.1 Å². The van der Waals surface area contributed by atoms with Gasteiger partial charge in [0.25, 0.3) is 0 Å². The first kappa shape index (κ1) is 15.3. The number of carbonyl (C=O) groups is 2. The van der Waals surface area contributed by atoms with Crippen LogP contribution < -0.4 is 0 Å². The minimum atomic E-state index is -1.36. The molecule has 1 atom stereocenters. The Bertz CT molecular complexity index is 471. The number of carboxylic acids is 1. The minimum Gasteiger partial charge on any atom is -0.481 e. The Kier molecular flexibility index (Phi) is 5.63. The molecule has 1 unspecified atom stereocenters. The molecule has 104 valence electrons. The molecule has 1 rings (SSSR count). The van der Waals surface area contributed by atoms with Gasteiger partial charge >= 0.3 is 5.97 Å². The Hall–Kier alpha value is -1.75. The molecule has 2 N–H and O–H groups in total. The van der Waals surface area contributed by atoms with E-state index in [-0.39, 0.29) is 24.8 Å². The zero-order valence-corrected chi connectivity index (χ0v) is 10.7. The lowest BCUT2D eigenvalue weighted by Crippen LogP contribution is -2.22. The molecule has 0 aromatic heterocycles. The van der Waals surface area contributed by atoms with Crippen LogP contribution in [0.2, 0.25) is 0 Å². The van der Waals surface area contributed by atoms with Gasteiger partial charge in [-0.1, -0.05) is 13.0 Å². The van der Waals surface area contributed by atoms with E-state index in [1.807, 2.05) is 6.92 Å². The van der Waals surface area contributed by atoms with Crippen molar-refractivity contribution in [2.75, 3.05) is 0 Å². The summed E-state index contributed by atoms with van der Waals surface area (Å²) in [5.41, 5.74) is 0.620. The highest BCUT2D eigenvalue weighted by Crippen LogP contribution is 2.15. The lowest BCUT2D eigenvalue weighted by Gasteiger charge is -2.10. The van der Waals surface area contributed by atoms with Gasteiger partial charge in [0, 0.05) is 6.42 Å². The fourth-order valence-electron chi connectivity index (χ4n) is 1.74. The molecular formula is C14H17FO4. The van der Waals surface area contributed by atoms with Crippen molar-refractivity contribution >= 4 is 11.8 Å². The van der Waals surface area contributed by atoms with Crippen LogP contribution in [0, 0.1) is 5.82 Å². The number of hydrogen-bond donors (Lipinski definition) is 2. The number of benzene rings is 1. The zero-order valence-electron chi connectivity index (χ0n) is 10.7. The molecule has 0 radical (unpaired) electrons. The Morgan fingerprint density at radius 3 is 2.58 bits per heavy atom. The number of rotatable bonds is 7. The molecule has 0 fully saturated rings. The van der Waals surface area contributed by atoms with E-state index in [1.54, 1.807) is 6.07 Å². The third kappa shape index (κ3) is 4.44. The maximum atomic E-state index is 13.7. The van der Waals surface area contributed by atoms with Crippen LogP contribution in [0.3, 0.4) is 0 Å². The topological polar surface area (TPSA) is 74.6 Å². The summed E-state index contributed by atoms with van der Waals surface area (Å²) in [5.74, 6) is -2.34. The van der Waals surface area contributed by atoms with E-state index in [0.29, 0.717) is 6.42 Å². The van der Waals surface area contributed by atoms with E-state index in [4.69, 9.17) is 5.11 Å². The summed E-state index contributed by atoms with van der Waals surface area (Å²) < 4.78 is 13.7.